The molecule has 0 bridgehead atoms. The van der Waals surface area contributed by atoms with E-state index >= 15 is 0 Å². The van der Waals surface area contributed by atoms with Gasteiger partial charge in [0.2, 0.25) is 0 Å². The zero-order valence-corrected chi connectivity index (χ0v) is 15.5. The minimum absolute atomic E-state index is 0.350. The van der Waals surface area contributed by atoms with Gasteiger partial charge in [-0.25, -0.2) is 0 Å². The zero-order valence-electron chi connectivity index (χ0n) is 14.5. The van der Waals surface area contributed by atoms with Gasteiger partial charge < -0.3 is 9.16 Å². The quantitative estimate of drug-likeness (QED) is 0.404. The predicted molar refractivity (Wildman–Crippen MR) is 87.3 cm³/mol. The summed E-state index contributed by atoms with van der Waals surface area (Å²) in [4.78, 5) is 0. The minimum Gasteiger partial charge on any atom is -0.414 e. The Bertz CT molecular complexity index is 219. The maximum atomic E-state index is 6.47. The van der Waals surface area contributed by atoms with Gasteiger partial charge in [-0.05, 0) is 36.4 Å². The molecule has 0 heterocycles. The molecule has 0 aromatic carbocycles. The van der Waals surface area contributed by atoms with Gasteiger partial charge >= 0.3 is 0 Å². The van der Waals surface area contributed by atoms with Gasteiger partial charge in [-0.15, -0.1) is 0 Å². The Morgan fingerprint density at radius 3 is 1.74 bits per heavy atom. The molecule has 3 heteroatoms. The van der Waals surface area contributed by atoms with Crippen molar-refractivity contribution in [1.82, 2.24) is 0 Å². The van der Waals surface area contributed by atoms with Crippen LogP contribution in [0.3, 0.4) is 0 Å². The lowest BCUT2D eigenvalue weighted by molar-refractivity contribution is 0.0392. The van der Waals surface area contributed by atoms with Crippen molar-refractivity contribution in [3.63, 3.8) is 0 Å². The van der Waals surface area contributed by atoms with Crippen molar-refractivity contribution in [3.8, 4) is 0 Å². The van der Waals surface area contributed by atoms with Gasteiger partial charge in [-0.3, -0.25) is 0 Å². The van der Waals surface area contributed by atoms with Crippen LogP contribution in [0.25, 0.3) is 0 Å². The van der Waals surface area contributed by atoms with Crippen LogP contribution in [0.5, 0.6) is 0 Å². The van der Waals surface area contributed by atoms with E-state index in [1.807, 2.05) is 0 Å². The first-order chi connectivity index (χ1) is 8.76. The molecule has 0 aliphatic carbocycles. The summed E-state index contributed by atoms with van der Waals surface area (Å²) in [6, 6.07) is 1.26. The molecular formula is C16H36O2Si. The van der Waals surface area contributed by atoms with E-state index < -0.39 is 8.32 Å². The highest BCUT2D eigenvalue weighted by atomic mass is 28.4. The third kappa shape index (κ3) is 6.41. The van der Waals surface area contributed by atoms with Crippen LogP contribution in [0.1, 0.15) is 61.8 Å². The fourth-order valence-electron chi connectivity index (χ4n) is 2.77. The Morgan fingerprint density at radius 2 is 1.37 bits per heavy atom. The van der Waals surface area contributed by atoms with Crippen LogP contribution in [-0.4, -0.2) is 27.6 Å². The van der Waals surface area contributed by atoms with Crippen LogP contribution in [0, 0.1) is 5.92 Å². The highest BCUT2D eigenvalue weighted by Gasteiger charge is 2.42. The lowest BCUT2D eigenvalue weighted by Crippen LogP contribution is -2.46. The van der Waals surface area contributed by atoms with Gasteiger partial charge in [0.05, 0.1) is 19.3 Å². The number of hydrogen-bond donors (Lipinski definition) is 0. The van der Waals surface area contributed by atoms with Crippen molar-refractivity contribution < 1.29 is 9.16 Å². The first-order valence-corrected chi connectivity index (χ1v) is 10.3. The van der Waals surface area contributed by atoms with Crippen molar-refractivity contribution in [3.05, 3.63) is 0 Å². The second-order valence-electron chi connectivity index (χ2n) is 6.80. The summed E-state index contributed by atoms with van der Waals surface area (Å²) in [5.41, 5.74) is 1.33. The van der Waals surface area contributed by atoms with Crippen molar-refractivity contribution >= 4 is 8.32 Å². The highest BCUT2D eigenvalue weighted by molar-refractivity contribution is 6.76. The predicted octanol–water partition coefficient (Wildman–Crippen LogP) is 5.24. The van der Waals surface area contributed by atoms with Gasteiger partial charge in [-0.2, -0.15) is 0 Å². The number of ether oxygens (including phenoxy) is 1. The smallest absolute Gasteiger partial charge is 0.198 e. The molecule has 0 aliphatic heterocycles. The first kappa shape index (κ1) is 19.1. The van der Waals surface area contributed by atoms with E-state index in [1.165, 1.54) is 6.04 Å². The summed E-state index contributed by atoms with van der Waals surface area (Å²) in [6.07, 6.45) is 1.42. The van der Waals surface area contributed by atoms with Crippen LogP contribution in [-0.2, 0) is 9.16 Å². The van der Waals surface area contributed by atoms with E-state index in [0.717, 1.165) is 19.6 Å². The van der Waals surface area contributed by atoms with Gasteiger partial charge in [-0.1, -0.05) is 48.5 Å². The summed E-state index contributed by atoms with van der Waals surface area (Å²) >= 11 is 0. The fourth-order valence-corrected chi connectivity index (χ4v) is 7.57. The Balaban J connectivity index is 4.49. The molecule has 1 unspecified atom stereocenters. The monoisotopic (exact) mass is 288 g/mol. The van der Waals surface area contributed by atoms with E-state index in [-0.39, 0.29) is 0 Å². The number of hydrogen-bond acceptors (Lipinski definition) is 2. The molecule has 0 aromatic rings. The number of rotatable bonds is 10. The van der Waals surface area contributed by atoms with E-state index in [1.54, 1.807) is 0 Å². The molecule has 116 valence electrons. The van der Waals surface area contributed by atoms with Crippen molar-refractivity contribution in [2.24, 2.45) is 5.92 Å². The largest absolute Gasteiger partial charge is 0.414 e. The SMILES string of the molecule is CCC(C)OCCO[Si](CC(C)C)(C(C)C)C(C)C. The lowest BCUT2D eigenvalue weighted by atomic mass is 10.3. The van der Waals surface area contributed by atoms with Gasteiger partial charge in [0.1, 0.15) is 0 Å². The van der Waals surface area contributed by atoms with Crippen molar-refractivity contribution in [2.75, 3.05) is 13.2 Å². The van der Waals surface area contributed by atoms with Gasteiger partial charge in [0.15, 0.2) is 8.32 Å². The van der Waals surface area contributed by atoms with Crippen LogP contribution < -0.4 is 0 Å². The lowest BCUT2D eigenvalue weighted by Gasteiger charge is -2.40. The third-order valence-electron chi connectivity index (χ3n) is 4.11. The molecule has 0 aliphatic rings. The fraction of sp³-hybridized carbons (Fsp3) is 1.00. The molecule has 0 rings (SSSR count). The molecule has 0 N–H and O–H groups in total. The summed E-state index contributed by atoms with van der Waals surface area (Å²) in [7, 11) is -1.68. The van der Waals surface area contributed by atoms with E-state index in [4.69, 9.17) is 9.16 Å². The summed E-state index contributed by atoms with van der Waals surface area (Å²) in [5, 5.41) is 0. The second-order valence-corrected chi connectivity index (χ2v) is 11.7. The Kier molecular flexibility index (Phi) is 9.21. The third-order valence-corrected chi connectivity index (χ3v) is 10.2. The normalized spacial score (nSPS) is 14.7. The van der Waals surface area contributed by atoms with E-state index in [9.17, 15) is 0 Å². The first-order valence-electron chi connectivity index (χ1n) is 8.01. The highest BCUT2D eigenvalue weighted by Crippen LogP contribution is 2.39. The molecule has 0 radical (unpaired) electrons. The Labute approximate surface area is 122 Å². The molecular weight excluding hydrogens is 252 g/mol. The molecule has 0 saturated carbocycles. The molecule has 0 fully saturated rings. The van der Waals surface area contributed by atoms with E-state index in [0.29, 0.717) is 23.1 Å². The van der Waals surface area contributed by atoms with Crippen LogP contribution in [0.4, 0.5) is 0 Å². The molecule has 0 aromatic heterocycles. The maximum Gasteiger partial charge on any atom is 0.198 e. The molecule has 0 saturated heterocycles. The topological polar surface area (TPSA) is 18.5 Å². The average molecular weight is 289 g/mol. The van der Waals surface area contributed by atoms with Crippen molar-refractivity contribution in [2.45, 2.75) is 85.0 Å². The Hall–Kier alpha value is 0.137. The van der Waals surface area contributed by atoms with Crippen molar-refractivity contribution in [1.29, 1.82) is 0 Å². The minimum atomic E-state index is -1.68. The van der Waals surface area contributed by atoms with Crippen LogP contribution in [0.2, 0.25) is 17.1 Å². The summed E-state index contributed by atoms with van der Waals surface area (Å²) in [6.45, 7) is 19.8. The molecule has 1 atom stereocenters. The van der Waals surface area contributed by atoms with Crippen LogP contribution in [0.15, 0.2) is 0 Å². The average Bonchev–Trinajstić information content (AvgIpc) is 2.31. The van der Waals surface area contributed by atoms with E-state index in [2.05, 4.69) is 55.4 Å². The Morgan fingerprint density at radius 1 is 0.842 bits per heavy atom. The molecule has 19 heavy (non-hydrogen) atoms. The van der Waals surface area contributed by atoms with Crippen LogP contribution >= 0.6 is 0 Å². The molecule has 0 spiro atoms. The second kappa shape index (κ2) is 9.14. The summed E-state index contributed by atoms with van der Waals surface area (Å²) < 4.78 is 12.2. The zero-order chi connectivity index (χ0) is 15.1. The van der Waals surface area contributed by atoms with Gasteiger partial charge in [0.25, 0.3) is 0 Å². The van der Waals surface area contributed by atoms with Gasteiger partial charge in [0, 0.05) is 0 Å². The molecule has 2 nitrogen and oxygen atoms in total. The maximum absolute atomic E-state index is 6.47. The summed E-state index contributed by atoms with van der Waals surface area (Å²) in [5.74, 6) is 0.715. The standard InChI is InChI=1S/C16H36O2Si/c1-9-16(8)17-10-11-18-19(14(4)5,15(6)7)12-13(2)3/h13-16H,9-12H2,1-8H3. The molecule has 0 amide bonds.